The van der Waals surface area contributed by atoms with Crippen LogP contribution in [0.4, 0.5) is 0 Å². The number of aryl methyl sites for hydroxylation is 1. The quantitative estimate of drug-likeness (QED) is 0.582. The molecule has 156 valence electrons. The summed E-state index contributed by atoms with van der Waals surface area (Å²) in [7, 11) is 1.62. The number of nitrogens with zero attached hydrogens (tertiary/aromatic N) is 2. The van der Waals surface area contributed by atoms with Crippen LogP contribution in [0.15, 0.2) is 54.6 Å². The molecule has 3 aromatic rings. The molecule has 0 unspecified atom stereocenters. The van der Waals surface area contributed by atoms with E-state index in [1.54, 1.807) is 7.11 Å². The van der Waals surface area contributed by atoms with Crippen LogP contribution in [0, 0.1) is 0 Å². The van der Waals surface area contributed by atoms with Crippen LogP contribution >= 0.6 is 0 Å². The molecule has 5 heteroatoms. The Balaban J connectivity index is 1.21. The van der Waals surface area contributed by atoms with E-state index < -0.39 is 0 Å². The molecular formula is C25H29N3O2. The van der Waals surface area contributed by atoms with Gasteiger partial charge >= 0.3 is 0 Å². The second kappa shape index (κ2) is 9.72. The molecule has 0 bridgehead atoms. The Kier molecular flexibility index (Phi) is 6.60. The van der Waals surface area contributed by atoms with E-state index in [0.717, 1.165) is 55.5 Å². The molecule has 30 heavy (non-hydrogen) atoms. The third-order valence-corrected chi connectivity index (χ3v) is 5.79. The summed E-state index contributed by atoms with van der Waals surface area (Å²) in [6.45, 7) is 3.85. The van der Waals surface area contributed by atoms with Crippen LogP contribution in [0.5, 0.6) is 5.88 Å². The van der Waals surface area contributed by atoms with Crippen LogP contribution in [-0.4, -0.2) is 42.5 Å². The molecule has 1 aliphatic heterocycles. The summed E-state index contributed by atoms with van der Waals surface area (Å²) in [5.74, 6) is 0.693. The summed E-state index contributed by atoms with van der Waals surface area (Å²) < 4.78 is 5.24. The molecule has 1 N–H and O–H groups in total. The number of rotatable bonds is 8. The number of pyridine rings is 1. The first kappa shape index (κ1) is 20.4. The van der Waals surface area contributed by atoms with Crippen LogP contribution in [0.3, 0.4) is 0 Å². The number of nitrogens with one attached hydrogen (secondary N) is 1. The van der Waals surface area contributed by atoms with Crippen LogP contribution < -0.4 is 10.1 Å². The van der Waals surface area contributed by atoms with Crippen molar-refractivity contribution in [3.63, 3.8) is 0 Å². The van der Waals surface area contributed by atoms with Gasteiger partial charge in [0.1, 0.15) is 0 Å². The third kappa shape index (κ3) is 4.97. The van der Waals surface area contributed by atoms with E-state index in [0.29, 0.717) is 18.7 Å². The van der Waals surface area contributed by atoms with Crippen LogP contribution in [-0.2, 0) is 24.2 Å². The van der Waals surface area contributed by atoms with Crippen LogP contribution in [0.25, 0.3) is 10.9 Å². The summed E-state index contributed by atoms with van der Waals surface area (Å²) in [6.07, 6.45) is 3.23. The minimum absolute atomic E-state index is 0.0962. The van der Waals surface area contributed by atoms with Gasteiger partial charge in [0.15, 0.2) is 0 Å². The second-order valence-electron chi connectivity index (χ2n) is 7.84. The summed E-state index contributed by atoms with van der Waals surface area (Å²) in [5, 5.41) is 4.14. The molecule has 0 spiro atoms. The highest BCUT2D eigenvalue weighted by molar-refractivity contribution is 5.83. The van der Waals surface area contributed by atoms with Crippen molar-refractivity contribution in [2.45, 2.75) is 32.2 Å². The number of hydrogen-bond donors (Lipinski definition) is 1. The van der Waals surface area contributed by atoms with Crippen molar-refractivity contribution in [1.29, 1.82) is 0 Å². The van der Waals surface area contributed by atoms with E-state index in [1.807, 2.05) is 30.3 Å². The number of para-hydroxylation sites is 1. The molecular weight excluding hydrogens is 374 g/mol. The molecule has 1 aromatic heterocycles. The number of aromatic nitrogens is 1. The lowest BCUT2D eigenvalue weighted by Gasteiger charge is -2.28. The molecule has 1 aliphatic rings. The van der Waals surface area contributed by atoms with E-state index in [2.05, 4.69) is 39.5 Å². The van der Waals surface area contributed by atoms with Gasteiger partial charge < -0.3 is 10.1 Å². The van der Waals surface area contributed by atoms with E-state index in [4.69, 9.17) is 4.74 Å². The molecule has 0 fully saturated rings. The summed E-state index contributed by atoms with van der Waals surface area (Å²) >= 11 is 0. The van der Waals surface area contributed by atoms with Crippen molar-refractivity contribution < 1.29 is 9.53 Å². The highest BCUT2D eigenvalue weighted by Gasteiger charge is 2.15. The minimum atomic E-state index is 0.0962. The molecule has 0 saturated heterocycles. The van der Waals surface area contributed by atoms with Gasteiger partial charge in [0.05, 0.1) is 12.6 Å². The number of amides is 1. The van der Waals surface area contributed by atoms with Crippen molar-refractivity contribution in [2.24, 2.45) is 0 Å². The maximum atomic E-state index is 12.3. The number of ether oxygens (including phenoxy) is 1. The maximum Gasteiger partial charge on any atom is 0.220 e. The first-order valence-corrected chi connectivity index (χ1v) is 10.7. The standard InChI is InChI=1S/C25H29N3O2/c1-30-24-13-11-21-9-4-8-20(25(21)27-24)10-12-23(29)26-15-5-16-28-17-14-19-6-2-3-7-22(19)18-28/h2-4,6-9,11,13H,5,10,12,14-18H2,1H3,(H,26,29). The molecule has 1 amide bonds. The SMILES string of the molecule is COc1ccc2cccc(CCC(=O)NCCCN3CCc4ccccc4C3)c2n1. The number of fused-ring (bicyclic) bond motifs is 2. The lowest BCUT2D eigenvalue weighted by Crippen LogP contribution is -2.33. The number of benzene rings is 2. The van der Waals surface area contributed by atoms with E-state index >= 15 is 0 Å². The average Bonchev–Trinajstić information content (AvgIpc) is 2.80. The van der Waals surface area contributed by atoms with Gasteiger partial charge in [-0.15, -0.1) is 0 Å². The fraction of sp³-hybridized carbons (Fsp3) is 0.360. The van der Waals surface area contributed by atoms with Gasteiger partial charge in [-0.2, -0.15) is 0 Å². The first-order chi connectivity index (χ1) is 14.7. The Labute approximate surface area is 178 Å². The van der Waals surface area contributed by atoms with Crippen molar-refractivity contribution >= 4 is 16.8 Å². The normalized spacial score (nSPS) is 13.8. The number of methoxy groups -OCH3 is 1. The van der Waals surface area contributed by atoms with Crippen molar-refractivity contribution in [3.05, 3.63) is 71.3 Å². The van der Waals surface area contributed by atoms with Gasteiger partial charge in [-0.05, 0) is 42.0 Å². The van der Waals surface area contributed by atoms with E-state index in [1.165, 1.54) is 11.1 Å². The molecule has 2 aromatic carbocycles. The largest absolute Gasteiger partial charge is 0.481 e. The molecule has 2 heterocycles. The average molecular weight is 404 g/mol. The summed E-state index contributed by atoms with van der Waals surface area (Å²) in [4.78, 5) is 19.4. The summed E-state index contributed by atoms with van der Waals surface area (Å²) in [5.41, 5.74) is 4.90. The highest BCUT2D eigenvalue weighted by Crippen LogP contribution is 2.21. The zero-order valence-corrected chi connectivity index (χ0v) is 17.6. The van der Waals surface area contributed by atoms with Gasteiger partial charge in [-0.25, -0.2) is 4.98 Å². The maximum absolute atomic E-state index is 12.3. The monoisotopic (exact) mass is 403 g/mol. The molecule has 0 radical (unpaired) electrons. The van der Waals surface area contributed by atoms with Gasteiger partial charge in [0.2, 0.25) is 11.8 Å². The Morgan fingerprint density at radius 1 is 1.10 bits per heavy atom. The Bertz CT molecular complexity index is 1020. The Hall–Kier alpha value is -2.92. The predicted octanol–water partition coefficient (Wildman–Crippen LogP) is 3.74. The van der Waals surface area contributed by atoms with Gasteiger partial charge in [0.25, 0.3) is 0 Å². The topological polar surface area (TPSA) is 54.5 Å². The minimum Gasteiger partial charge on any atom is -0.481 e. The summed E-state index contributed by atoms with van der Waals surface area (Å²) in [6, 6.07) is 18.6. The van der Waals surface area contributed by atoms with Crippen LogP contribution in [0.2, 0.25) is 0 Å². The predicted molar refractivity (Wildman–Crippen MR) is 120 cm³/mol. The van der Waals surface area contributed by atoms with Gasteiger partial charge in [0, 0.05) is 44.1 Å². The molecule has 5 nitrogen and oxygen atoms in total. The highest BCUT2D eigenvalue weighted by atomic mass is 16.5. The smallest absolute Gasteiger partial charge is 0.220 e. The molecule has 0 atom stereocenters. The zero-order valence-electron chi connectivity index (χ0n) is 17.6. The molecule has 4 rings (SSSR count). The fourth-order valence-electron chi connectivity index (χ4n) is 4.12. The van der Waals surface area contributed by atoms with E-state index in [9.17, 15) is 4.79 Å². The number of carbonyl (C=O) groups excluding carboxylic acids is 1. The fourth-order valence-corrected chi connectivity index (χ4v) is 4.12. The van der Waals surface area contributed by atoms with E-state index in [-0.39, 0.29) is 5.91 Å². The zero-order chi connectivity index (χ0) is 20.8. The first-order valence-electron chi connectivity index (χ1n) is 10.7. The third-order valence-electron chi connectivity index (χ3n) is 5.79. The Morgan fingerprint density at radius 3 is 2.83 bits per heavy atom. The molecule has 0 saturated carbocycles. The number of hydrogen-bond acceptors (Lipinski definition) is 4. The van der Waals surface area contributed by atoms with Crippen molar-refractivity contribution in [2.75, 3.05) is 26.7 Å². The van der Waals surface area contributed by atoms with Crippen molar-refractivity contribution in [1.82, 2.24) is 15.2 Å². The number of carbonyl (C=O) groups is 1. The van der Waals surface area contributed by atoms with Crippen molar-refractivity contribution in [3.8, 4) is 5.88 Å². The second-order valence-corrected chi connectivity index (χ2v) is 7.84. The van der Waals surface area contributed by atoms with Crippen LogP contribution in [0.1, 0.15) is 29.5 Å². The Morgan fingerprint density at radius 2 is 1.97 bits per heavy atom. The lowest BCUT2D eigenvalue weighted by atomic mass is 10.00. The van der Waals surface area contributed by atoms with Gasteiger partial charge in [-0.1, -0.05) is 42.5 Å². The van der Waals surface area contributed by atoms with Gasteiger partial charge in [-0.3, -0.25) is 9.69 Å². The molecule has 0 aliphatic carbocycles. The lowest BCUT2D eigenvalue weighted by molar-refractivity contribution is -0.121.